The van der Waals surface area contributed by atoms with Crippen LogP contribution in [0.1, 0.15) is 29.9 Å². The second-order valence-corrected chi connectivity index (χ2v) is 5.95. The third-order valence-corrected chi connectivity index (χ3v) is 4.62. The van der Waals surface area contributed by atoms with E-state index >= 15 is 0 Å². The number of nitrogens with zero attached hydrogens (tertiary/aromatic N) is 2. The summed E-state index contributed by atoms with van der Waals surface area (Å²) in [4.78, 5) is 2.28. The van der Waals surface area contributed by atoms with Crippen LogP contribution in [0.3, 0.4) is 0 Å². The maximum atomic E-state index is 5.59. The molecule has 0 unspecified atom stereocenters. The number of hydrogen-bond acceptors (Lipinski definition) is 1. The third kappa shape index (κ3) is 2.81. The Morgan fingerprint density at radius 3 is 2.71 bits per heavy atom. The van der Waals surface area contributed by atoms with Gasteiger partial charge in [0.05, 0.1) is 6.04 Å². The molecular formula is C17H21N3S. The molecule has 21 heavy (non-hydrogen) atoms. The minimum absolute atomic E-state index is 0.322. The molecule has 0 radical (unpaired) electrons. The Bertz CT molecular complexity index is 633. The molecule has 110 valence electrons. The smallest absolute Gasteiger partial charge is 0.169 e. The highest BCUT2D eigenvalue weighted by atomic mass is 32.1. The second kappa shape index (κ2) is 5.90. The lowest BCUT2D eigenvalue weighted by atomic mass is 10.1. The van der Waals surface area contributed by atoms with E-state index in [9.17, 15) is 0 Å². The SMILES string of the molecule is Cc1ccc2n1CCN(C(=S)NCc1ccccc1)[C@H]2C. The fourth-order valence-corrected chi connectivity index (χ4v) is 3.29. The topological polar surface area (TPSA) is 20.2 Å². The van der Waals surface area contributed by atoms with E-state index in [1.165, 1.54) is 17.0 Å². The van der Waals surface area contributed by atoms with Crippen LogP contribution in [-0.2, 0) is 13.1 Å². The molecular weight excluding hydrogens is 278 g/mol. The van der Waals surface area contributed by atoms with Gasteiger partial charge in [0, 0.05) is 31.0 Å². The van der Waals surface area contributed by atoms with E-state index in [0.29, 0.717) is 6.04 Å². The maximum absolute atomic E-state index is 5.59. The zero-order valence-electron chi connectivity index (χ0n) is 12.5. The van der Waals surface area contributed by atoms with E-state index in [0.717, 1.165) is 24.7 Å². The van der Waals surface area contributed by atoms with Crippen molar-refractivity contribution < 1.29 is 0 Å². The summed E-state index contributed by atoms with van der Waals surface area (Å²) in [5.41, 5.74) is 3.94. The van der Waals surface area contributed by atoms with E-state index < -0.39 is 0 Å². The van der Waals surface area contributed by atoms with E-state index in [1.807, 2.05) is 6.07 Å². The standard InChI is InChI=1S/C17H21N3S/c1-13-8-9-16-14(2)20(11-10-19(13)16)17(21)18-12-15-6-4-3-5-7-15/h3-9,14H,10-12H2,1-2H3,(H,18,21)/t14-/m0/s1. The van der Waals surface area contributed by atoms with E-state index in [-0.39, 0.29) is 0 Å². The van der Waals surface area contributed by atoms with Gasteiger partial charge in [0.2, 0.25) is 0 Å². The van der Waals surface area contributed by atoms with E-state index in [4.69, 9.17) is 12.2 Å². The van der Waals surface area contributed by atoms with Crippen molar-refractivity contribution in [3.05, 3.63) is 59.4 Å². The lowest BCUT2D eigenvalue weighted by molar-refractivity contribution is 0.267. The molecule has 1 aliphatic heterocycles. The van der Waals surface area contributed by atoms with Gasteiger partial charge < -0.3 is 14.8 Å². The van der Waals surface area contributed by atoms with Gasteiger partial charge in [-0.25, -0.2) is 0 Å². The van der Waals surface area contributed by atoms with Crippen LogP contribution in [0.5, 0.6) is 0 Å². The molecule has 1 aliphatic rings. The minimum atomic E-state index is 0.322. The van der Waals surface area contributed by atoms with Gasteiger partial charge in [0.15, 0.2) is 5.11 Å². The molecule has 4 heteroatoms. The number of rotatable bonds is 2. The second-order valence-electron chi connectivity index (χ2n) is 5.56. The molecule has 1 aromatic heterocycles. The van der Waals surface area contributed by atoms with Crippen LogP contribution >= 0.6 is 12.2 Å². The summed E-state index contributed by atoms with van der Waals surface area (Å²) >= 11 is 5.59. The molecule has 0 spiro atoms. The predicted octanol–water partition coefficient (Wildman–Crippen LogP) is 3.25. The normalized spacial score (nSPS) is 17.4. The first-order valence-corrected chi connectivity index (χ1v) is 7.82. The first-order chi connectivity index (χ1) is 10.2. The van der Waals surface area contributed by atoms with Gasteiger partial charge in [-0.15, -0.1) is 0 Å². The quantitative estimate of drug-likeness (QED) is 0.860. The number of thiocarbonyl (C=S) groups is 1. The summed E-state index contributed by atoms with van der Waals surface area (Å²) < 4.78 is 2.39. The highest BCUT2D eigenvalue weighted by Gasteiger charge is 2.26. The molecule has 0 fully saturated rings. The van der Waals surface area contributed by atoms with Crippen molar-refractivity contribution in [2.45, 2.75) is 33.0 Å². The summed E-state index contributed by atoms with van der Waals surface area (Å²) in [6.45, 7) is 7.14. The largest absolute Gasteiger partial charge is 0.358 e. The van der Waals surface area contributed by atoms with Crippen LogP contribution in [0.4, 0.5) is 0 Å². The zero-order chi connectivity index (χ0) is 14.8. The van der Waals surface area contributed by atoms with Crippen LogP contribution in [0.2, 0.25) is 0 Å². The molecule has 0 bridgehead atoms. The molecule has 2 aromatic rings. The monoisotopic (exact) mass is 299 g/mol. The van der Waals surface area contributed by atoms with Gasteiger partial charge in [0.25, 0.3) is 0 Å². The lowest BCUT2D eigenvalue weighted by Crippen LogP contribution is -2.45. The summed E-state index contributed by atoms with van der Waals surface area (Å²) in [5, 5.41) is 4.23. The Hall–Kier alpha value is -1.81. The highest BCUT2D eigenvalue weighted by molar-refractivity contribution is 7.80. The number of aromatic nitrogens is 1. The van der Waals surface area contributed by atoms with Crippen molar-refractivity contribution in [1.82, 2.24) is 14.8 Å². The summed E-state index contributed by atoms with van der Waals surface area (Å²) in [6.07, 6.45) is 0. The van der Waals surface area contributed by atoms with E-state index in [2.05, 4.69) is 65.0 Å². The fraction of sp³-hybridized carbons (Fsp3) is 0.353. The molecule has 3 rings (SSSR count). The lowest BCUT2D eigenvalue weighted by Gasteiger charge is -2.37. The fourth-order valence-electron chi connectivity index (χ4n) is 2.97. The maximum Gasteiger partial charge on any atom is 0.169 e. The Morgan fingerprint density at radius 1 is 1.19 bits per heavy atom. The first kappa shape index (κ1) is 14.1. The van der Waals surface area contributed by atoms with Crippen molar-refractivity contribution >= 4 is 17.3 Å². The molecule has 0 amide bonds. The Labute approximate surface area is 131 Å². The van der Waals surface area contributed by atoms with Gasteiger partial charge in [-0.2, -0.15) is 0 Å². The molecule has 2 heterocycles. The Balaban J connectivity index is 1.66. The molecule has 0 aliphatic carbocycles. The highest BCUT2D eigenvalue weighted by Crippen LogP contribution is 2.27. The Kier molecular flexibility index (Phi) is 3.97. The molecule has 1 aromatic carbocycles. The minimum Gasteiger partial charge on any atom is -0.358 e. The van der Waals surface area contributed by atoms with Crippen molar-refractivity contribution in [1.29, 1.82) is 0 Å². The average Bonchev–Trinajstić information content (AvgIpc) is 2.89. The molecule has 3 nitrogen and oxygen atoms in total. The third-order valence-electron chi connectivity index (χ3n) is 4.24. The molecule has 0 saturated carbocycles. The van der Waals surface area contributed by atoms with Gasteiger partial charge in [-0.3, -0.25) is 0 Å². The van der Waals surface area contributed by atoms with Crippen LogP contribution < -0.4 is 5.32 Å². The summed E-state index contributed by atoms with van der Waals surface area (Å²) in [5.74, 6) is 0. The van der Waals surface area contributed by atoms with Crippen LogP contribution in [-0.4, -0.2) is 21.1 Å². The van der Waals surface area contributed by atoms with Crippen molar-refractivity contribution in [2.24, 2.45) is 0 Å². The number of nitrogens with one attached hydrogen (secondary N) is 1. The Morgan fingerprint density at radius 2 is 1.95 bits per heavy atom. The van der Waals surface area contributed by atoms with Crippen LogP contribution in [0.15, 0.2) is 42.5 Å². The molecule has 1 N–H and O–H groups in total. The summed E-state index contributed by atoms with van der Waals surface area (Å²) in [7, 11) is 0. The van der Waals surface area contributed by atoms with Gasteiger partial charge >= 0.3 is 0 Å². The molecule has 0 saturated heterocycles. The first-order valence-electron chi connectivity index (χ1n) is 7.41. The van der Waals surface area contributed by atoms with Crippen molar-refractivity contribution in [3.63, 3.8) is 0 Å². The number of hydrogen-bond donors (Lipinski definition) is 1. The van der Waals surface area contributed by atoms with Crippen molar-refractivity contribution in [2.75, 3.05) is 6.54 Å². The predicted molar refractivity (Wildman–Crippen MR) is 90.2 cm³/mol. The van der Waals surface area contributed by atoms with E-state index in [1.54, 1.807) is 0 Å². The van der Waals surface area contributed by atoms with Gasteiger partial charge in [-0.05, 0) is 43.8 Å². The average molecular weight is 299 g/mol. The van der Waals surface area contributed by atoms with Gasteiger partial charge in [0.1, 0.15) is 0 Å². The van der Waals surface area contributed by atoms with Gasteiger partial charge in [-0.1, -0.05) is 30.3 Å². The van der Waals surface area contributed by atoms with Crippen LogP contribution in [0.25, 0.3) is 0 Å². The zero-order valence-corrected chi connectivity index (χ0v) is 13.4. The summed E-state index contributed by atoms with van der Waals surface area (Å²) in [6, 6.07) is 15.1. The van der Waals surface area contributed by atoms with Crippen molar-refractivity contribution in [3.8, 4) is 0 Å². The van der Waals surface area contributed by atoms with Crippen LogP contribution in [0, 0.1) is 6.92 Å². The molecule has 1 atom stereocenters. The number of benzene rings is 1. The number of aryl methyl sites for hydroxylation is 1. The number of fused-ring (bicyclic) bond motifs is 1.